The number of benzene rings is 3. The van der Waals surface area contributed by atoms with Crippen molar-refractivity contribution in [2.45, 2.75) is 57.8 Å². The predicted molar refractivity (Wildman–Crippen MR) is 166 cm³/mol. The number of hydrogen-bond donors (Lipinski definition) is 0. The fourth-order valence-electron chi connectivity index (χ4n) is 6.15. The van der Waals surface area contributed by atoms with E-state index in [2.05, 4.69) is 90.1 Å². The van der Waals surface area contributed by atoms with Gasteiger partial charge in [-0.15, -0.1) is 18.2 Å². The summed E-state index contributed by atoms with van der Waals surface area (Å²) in [6, 6.07) is 34.6. The maximum Gasteiger partial charge on any atom is 2.00 e. The normalized spacial score (nSPS) is 13.9. The van der Waals surface area contributed by atoms with Crippen LogP contribution < -0.4 is 4.74 Å². The number of fused-ring (bicyclic) bond motifs is 3. The van der Waals surface area contributed by atoms with Crippen molar-refractivity contribution in [3.63, 3.8) is 0 Å². The first-order chi connectivity index (χ1) is 20.1. The summed E-state index contributed by atoms with van der Waals surface area (Å²) in [4.78, 5) is 9.28. The first kappa shape index (κ1) is 28.4. The summed E-state index contributed by atoms with van der Waals surface area (Å²) in [6.07, 6.45) is 10.3. The van der Waals surface area contributed by atoms with Crippen molar-refractivity contribution in [1.82, 2.24) is 14.5 Å². The molecule has 0 radical (unpaired) electrons. The Morgan fingerprint density at radius 1 is 0.786 bits per heavy atom. The van der Waals surface area contributed by atoms with E-state index in [1.165, 1.54) is 48.6 Å². The summed E-state index contributed by atoms with van der Waals surface area (Å²) in [6.45, 7) is 4.33. The van der Waals surface area contributed by atoms with Gasteiger partial charge in [0.2, 0.25) is 5.88 Å². The minimum Gasteiger partial charge on any atom is -0.460 e. The molecule has 42 heavy (non-hydrogen) atoms. The number of aromatic nitrogens is 3. The van der Waals surface area contributed by atoms with E-state index in [0.717, 1.165) is 33.4 Å². The Morgan fingerprint density at radius 3 is 2.45 bits per heavy atom. The molecule has 6 aromatic rings. The Labute approximate surface area is 262 Å². The molecule has 0 bridgehead atoms. The van der Waals surface area contributed by atoms with Crippen LogP contribution in [0.1, 0.15) is 68.9 Å². The number of ether oxygens (including phenoxy) is 1. The van der Waals surface area contributed by atoms with Crippen molar-refractivity contribution in [1.29, 1.82) is 0 Å². The maximum atomic E-state index is 6.13. The number of hydrogen-bond acceptors (Lipinski definition) is 3. The topological polar surface area (TPSA) is 39.9 Å². The first-order valence-electron chi connectivity index (χ1n) is 14.7. The van der Waals surface area contributed by atoms with E-state index >= 15 is 0 Å². The van der Waals surface area contributed by atoms with E-state index < -0.39 is 0 Å². The van der Waals surface area contributed by atoms with E-state index in [0.29, 0.717) is 23.5 Å². The Bertz CT molecular complexity index is 1850. The summed E-state index contributed by atoms with van der Waals surface area (Å²) < 4.78 is 8.40. The van der Waals surface area contributed by atoms with Gasteiger partial charge in [0.1, 0.15) is 5.82 Å². The van der Waals surface area contributed by atoms with Crippen molar-refractivity contribution in [2.24, 2.45) is 0 Å². The van der Waals surface area contributed by atoms with Crippen LogP contribution >= 0.6 is 0 Å². The van der Waals surface area contributed by atoms with Crippen LogP contribution in [0.3, 0.4) is 0 Å². The van der Waals surface area contributed by atoms with Gasteiger partial charge in [-0.05, 0) is 71.0 Å². The minimum atomic E-state index is 0. The molecule has 3 aromatic heterocycles. The second-order valence-electron chi connectivity index (χ2n) is 11.4. The minimum absolute atomic E-state index is 0. The Hall–Kier alpha value is -3.75. The van der Waals surface area contributed by atoms with Gasteiger partial charge >= 0.3 is 21.1 Å². The summed E-state index contributed by atoms with van der Waals surface area (Å²) in [5, 5.41) is 2.36. The summed E-state index contributed by atoms with van der Waals surface area (Å²) in [5.74, 6) is 3.18. The number of nitrogens with zero attached hydrogens (tertiary/aromatic N) is 3. The van der Waals surface area contributed by atoms with Crippen LogP contribution in [0.4, 0.5) is 0 Å². The van der Waals surface area contributed by atoms with Crippen molar-refractivity contribution in [3.8, 4) is 28.6 Å². The van der Waals surface area contributed by atoms with E-state index in [9.17, 15) is 0 Å². The van der Waals surface area contributed by atoms with Crippen molar-refractivity contribution in [2.75, 3.05) is 0 Å². The summed E-state index contributed by atoms with van der Waals surface area (Å²) >= 11 is 0. The molecule has 1 aliphatic carbocycles. The SMILES string of the molecule is CC(C)c1ccnc(Oc2[c-]c(-c3[c-]c4c(cc3)c3ccccc3n4-c3cc(C4CCCCC4)ccn3)ccc2)c1.[Pt+2]. The molecule has 0 atom stereocenters. The molecule has 0 aliphatic heterocycles. The third-order valence-electron chi connectivity index (χ3n) is 8.36. The Balaban J connectivity index is 0.00000316. The third-order valence-corrected chi connectivity index (χ3v) is 8.36. The second-order valence-corrected chi connectivity index (χ2v) is 11.4. The smallest absolute Gasteiger partial charge is 0.460 e. The molecule has 7 rings (SSSR count). The van der Waals surface area contributed by atoms with Gasteiger partial charge < -0.3 is 9.30 Å². The van der Waals surface area contributed by atoms with Crippen LogP contribution in [0.2, 0.25) is 0 Å². The van der Waals surface area contributed by atoms with Crippen LogP contribution in [0.15, 0.2) is 91.3 Å². The molecule has 4 nitrogen and oxygen atoms in total. The average Bonchev–Trinajstić information content (AvgIpc) is 3.35. The van der Waals surface area contributed by atoms with Gasteiger partial charge in [0.15, 0.2) is 0 Å². The van der Waals surface area contributed by atoms with Crippen LogP contribution in [0.5, 0.6) is 11.6 Å². The van der Waals surface area contributed by atoms with Crippen LogP contribution in [0, 0.1) is 12.1 Å². The van der Waals surface area contributed by atoms with Gasteiger partial charge in [-0.3, -0.25) is 0 Å². The molecular weight excluding hydrogens is 698 g/mol. The molecule has 0 N–H and O–H groups in total. The van der Waals surface area contributed by atoms with E-state index in [4.69, 9.17) is 9.72 Å². The molecule has 0 unspecified atom stereocenters. The van der Waals surface area contributed by atoms with Gasteiger partial charge in [0.25, 0.3) is 0 Å². The molecule has 0 spiro atoms. The molecule has 5 heteroatoms. The van der Waals surface area contributed by atoms with Crippen molar-refractivity contribution in [3.05, 3.63) is 115 Å². The predicted octanol–water partition coefficient (Wildman–Crippen LogP) is 9.80. The second kappa shape index (κ2) is 12.2. The summed E-state index contributed by atoms with van der Waals surface area (Å²) in [7, 11) is 0. The van der Waals surface area contributed by atoms with E-state index in [1.807, 2.05) is 30.5 Å². The average molecular weight is 731 g/mol. The van der Waals surface area contributed by atoms with Gasteiger partial charge in [-0.1, -0.05) is 56.7 Å². The van der Waals surface area contributed by atoms with Crippen LogP contribution in [-0.4, -0.2) is 14.5 Å². The van der Waals surface area contributed by atoms with Gasteiger partial charge in [-0.2, -0.15) is 24.3 Å². The molecule has 1 saturated carbocycles. The largest absolute Gasteiger partial charge is 2.00 e. The summed E-state index contributed by atoms with van der Waals surface area (Å²) in [5.41, 5.74) is 6.62. The molecule has 0 saturated heterocycles. The zero-order valence-electron chi connectivity index (χ0n) is 23.9. The number of pyridine rings is 2. The Morgan fingerprint density at radius 2 is 1.60 bits per heavy atom. The molecule has 3 heterocycles. The van der Waals surface area contributed by atoms with Gasteiger partial charge in [0, 0.05) is 29.7 Å². The molecule has 3 aromatic carbocycles. The van der Waals surface area contributed by atoms with E-state index in [-0.39, 0.29) is 21.1 Å². The van der Waals surface area contributed by atoms with Crippen molar-refractivity contribution >= 4 is 21.8 Å². The fraction of sp³-hybridized carbons (Fsp3) is 0.243. The van der Waals surface area contributed by atoms with Crippen LogP contribution in [0.25, 0.3) is 38.8 Å². The monoisotopic (exact) mass is 730 g/mol. The van der Waals surface area contributed by atoms with E-state index in [1.54, 1.807) is 6.20 Å². The molecule has 1 aliphatic rings. The molecule has 0 amide bonds. The standard InChI is InChI=1S/C37H33N3O.Pt/c1-25(2)27-17-20-39-37(24-27)41-31-12-8-11-28(21-31)29-15-16-33-32-13-6-7-14-34(32)40(35(33)22-29)36-23-30(18-19-38-36)26-9-4-3-5-10-26;/h6-8,11-20,23-26H,3-5,9-10H2,1-2H3;/q-2;+2. The quantitative estimate of drug-likeness (QED) is 0.160. The van der Waals surface area contributed by atoms with Crippen molar-refractivity contribution < 1.29 is 25.8 Å². The number of rotatable bonds is 6. The molecule has 212 valence electrons. The van der Waals surface area contributed by atoms with Crippen LogP contribution in [-0.2, 0) is 21.1 Å². The number of para-hydroxylation sites is 1. The maximum absolute atomic E-state index is 6.13. The Kier molecular flexibility index (Phi) is 8.26. The zero-order valence-corrected chi connectivity index (χ0v) is 26.2. The fourth-order valence-corrected chi connectivity index (χ4v) is 6.15. The molecular formula is C37H33N3OPt. The molecule has 1 fully saturated rings. The van der Waals surface area contributed by atoms with Gasteiger partial charge in [-0.25, -0.2) is 21.1 Å². The third kappa shape index (κ3) is 5.53. The first-order valence-corrected chi connectivity index (χ1v) is 14.7. The zero-order chi connectivity index (χ0) is 27.8. The van der Waals surface area contributed by atoms with Gasteiger partial charge in [0.05, 0.1) is 0 Å².